The van der Waals surface area contributed by atoms with Crippen LogP contribution in [-0.2, 0) is 0 Å². The van der Waals surface area contributed by atoms with E-state index in [1.165, 1.54) is 15.6 Å². The van der Waals surface area contributed by atoms with Crippen LogP contribution in [0.4, 0.5) is 5.95 Å². The minimum Gasteiger partial charge on any atom is -0.368 e. The molecule has 0 fully saturated rings. The second kappa shape index (κ2) is 4.61. The number of hydrogen-bond donors (Lipinski definition) is 1. The molecular weight excluding hydrogens is 256 g/mol. The first-order valence-corrected chi connectivity index (χ1v) is 5.43. The molecule has 0 bridgehead atoms. The Kier molecular flexibility index (Phi) is 3.15. The van der Waals surface area contributed by atoms with Crippen LogP contribution in [0.3, 0.4) is 0 Å². The van der Waals surface area contributed by atoms with Crippen molar-refractivity contribution in [2.24, 2.45) is 0 Å². The second-order valence-electron chi connectivity index (χ2n) is 3.75. The minimum atomic E-state index is -0.193. The highest BCUT2D eigenvalue weighted by atomic mass is 35.5. The first-order chi connectivity index (χ1) is 8.47. The number of nitrogens with zero attached hydrogens (tertiary/aromatic N) is 5. The Bertz CT molecular complexity index is 574. The maximum Gasteiger partial charge on any atom is 0.273 e. The molecule has 0 aliphatic rings. The van der Waals surface area contributed by atoms with E-state index in [1.807, 2.05) is 0 Å². The third-order valence-corrected chi connectivity index (χ3v) is 2.34. The molecule has 8 heteroatoms. The Morgan fingerprint density at radius 2 is 2.17 bits per heavy atom. The maximum absolute atomic E-state index is 11.7. The van der Waals surface area contributed by atoms with Gasteiger partial charge in [0.15, 0.2) is 11.5 Å². The van der Waals surface area contributed by atoms with Gasteiger partial charge in [0.2, 0.25) is 5.95 Å². The van der Waals surface area contributed by atoms with Gasteiger partial charge in [-0.05, 0) is 6.07 Å². The third kappa shape index (κ3) is 2.40. The lowest BCUT2D eigenvalue weighted by molar-refractivity contribution is 0.0821. The molecule has 0 saturated carbocycles. The lowest BCUT2D eigenvalue weighted by Crippen LogP contribution is -2.22. The van der Waals surface area contributed by atoms with E-state index in [1.54, 1.807) is 26.4 Å². The number of halogens is 1. The topological polar surface area (TPSA) is 89.9 Å². The average molecular weight is 267 g/mol. The summed E-state index contributed by atoms with van der Waals surface area (Å²) >= 11 is 5.77. The van der Waals surface area contributed by atoms with Crippen LogP contribution in [0.1, 0.15) is 10.5 Å². The van der Waals surface area contributed by atoms with Crippen LogP contribution < -0.4 is 5.73 Å². The van der Waals surface area contributed by atoms with Gasteiger partial charge in [-0.1, -0.05) is 11.6 Å². The molecule has 0 atom stereocenters. The van der Waals surface area contributed by atoms with Gasteiger partial charge in [0.1, 0.15) is 5.15 Å². The van der Waals surface area contributed by atoms with E-state index >= 15 is 0 Å². The van der Waals surface area contributed by atoms with Crippen molar-refractivity contribution < 1.29 is 4.79 Å². The zero-order valence-corrected chi connectivity index (χ0v) is 10.6. The van der Waals surface area contributed by atoms with Gasteiger partial charge in [-0.15, -0.1) is 0 Å². The van der Waals surface area contributed by atoms with E-state index < -0.39 is 0 Å². The molecule has 0 aliphatic carbocycles. The molecule has 18 heavy (non-hydrogen) atoms. The fourth-order valence-corrected chi connectivity index (χ4v) is 1.52. The molecule has 2 N–H and O–H groups in total. The summed E-state index contributed by atoms with van der Waals surface area (Å²) < 4.78 is 1.42. The van der Waals surface area contributed by atoms with Gasteiger partial charge in [-0.3, -0.25) is 4.79 Å². The fraction of sp³-hybridized carbons (Fsp3) is 0.200. The molecule has 0 unspecified atom stereocenters. The summed E-state index contributed by atoms with van der Waals surface area (Å²) in [6.45, 7) is 0. The molecular formula is C10H11ClN6O. The summed E-state index contributed by atoms with van der Waals surface area (Å²) in [6, 6.07) is 3.10. The van der Waals surface area contributed by atoms with Gasteiger partial charge in [-0.25, -0.2) is 9.67 Å². The van der Waals surface area contributed by atoms with Gasteiger partial charge in [-0.2, -0.15) is 10.1 Å². The van der Waals surface area contributed by atoms with Crippen LogP contribution in [0.5, 0.6) is 0 Å². The van der Waals surface area contributed by atoms with Crippen molar-refractivity contribution in [3.05, 3.63) is 29.2 Å². The van der Waals surface area contributed by atoms with Crippen LogP contribution in [0, 0.1) is 0 Å². The van der Waals surface area contributed by atoms with Crippen LogP contribution in [0.2, 0.25) is 5.15 Å². The third-order valence-electron chi connectivity index (χ3n) is 2.15. The van der Waals surface area contributed by atoms with E-state index in [0.717, 1.165) is 0 Å². The summed E-state index contributed by atoms with van der Waals surface area (Å²) in [5.74, 6) is 0.265. The molecule has 2 rings (SSSR count). The predicted octanol–water partition coefficient (Wildman–Crippen LogP) is 0.600. The van der Waals surface area contributed by atoms with Crippen molar-refractivity contribution in [1.82, 2.24) is 24.6 Å². The zero-order chi connectivity index (χ0) is 13.3. The van der Waals surface area contributed by atoms with Crippen LogP contribution in [0.25, 0.3) is 5.82 Å². The molecule has 7 nitrogen and oxygen atoms in total. The number of hydrogen-bond acceptors (Lipinski definition) is 5. The molecule has 0 spiro atoms. The Labute approximate surface area is 108 Å². The quantitative estimate of drug-likeness (QED) is 0.804. The van der Waals surface area contributed by atoms with E-state index in [4.69, 9.17) is 17.3 Å². The average Bonchev–Trinajstić information content (AvgIpc) is 2.75. The second-order valence-corrected chi connectivity index (χ2v) is 4.14. The first kappa shape index (κ1) is 12.3. The molecule has 0 radical (unpaired) electrons. The fourth-order valence-electron chi connectivity index (χ4n) is 1.33. The summed E-state index contributed by atoms with van der Waals surface area (Å²) in [6.07, 6.45) is 1.61. The lowest BCUT2D eigenvalue weighted by Gasteiger charge is -2.07. The molecule has 0 aromatic carbocycles. The zero-order valence-electron chi connectivity index (χ0n) is 9.83. The number of carbonyl (C=O) groups excluding carboxylic acids is 1. The summed E-state index contributed by atoms with van der Waals surface area (Å²) in [7, 11) is 3.31. The van der Waals surface area contributed by atoms with Crippen molar-refractivity contribution in [1.29, 1.82) is 0 Å². The molecule has 2 heterocycles. The summed E-state index contributed by atoms with van der Waals surface area (Å²) in [4.78, 5) is 20.9. The largest absolute Gasteiger partial charge is 0.368 e. The van der Waals surface area contributed by atoms with Crippen molar-refractivity contribution in [2.45, 2.75) is 0 Å². The summed E-state index contributed by atoms with van der Waals surface area (Å²) in [5, 5.41) is 4.32. The van der Waals surface area contributed by atoms with Gasteiger partial charge in [0.25, 0.3) is 5.91 Å². The van der Waals surface area contributed by atoms with Crippen LogP contribution in [-0.4, -0.2) is 44.7 Å². The van der Waals surface area contributed by atoms with Gasteiger partial charge >= 0.3 is 0 Å². The van der Waals surface area contributed by atoms with E-state index in [0.29, 0.717) is 11.5 Å². The predicted molar refractivity (Wildman–Crippen MR) is 66.6 cm³/mol. The number of nitrogen functional groups attached to an aromatic ring is 1. The standard InChI is InChI=1S/C10H11ClN6O/c1-16(2)9(18)6-3-4-17(15-6)8-5-7(11)13-10(12)14-8/h3-5H,1-2H3,(H2,12,13,14). The Morgan fingerprint density at radius 1 is 1.44 bits per heavy atom. The Morgan fingerprint density at radius 3 is 2.78 bits per heavy atom. The van der Waals surface area contributed by atoms with Crippen LogP contribution >= 0.6 is 11.6 Å². The maximum atomic E-state index is 11.7. The minimum absolute atomic E-state index is 0.0495. The Balaban J connectivity index is 2.38. The number of nitrogens with two attached hydrogens (primary N) is 1. The molecule has 94 valence electrons. The lowest BCUT2D eigenvalue weighted by atomic mass is 10.4. The van der Waals surface area contributed by atoms with Gasteiger partial charge in [0.05, 0.1) is 0 Å². The number of carbonyl (C=O) groups is 1. The SMILES string of the molecule is CN(C)C(=O)c1ccn(-c2cc(Cl)nc(N)n2)n1. The van der Waals surface area contributed by atoms with E-state index in [-0.39, 0.29) is 17.0 Å². The van der Waals surface area contributed by atoms with Crippen molar-refractivity contribution in [3.63, 3.8) is 0 Å². The highest BCUT2D eigenvalue weighted by molar-refractivity contribution is 6.29. The van der Waals surface area contributed by atoms with Crippen molar-refractivity contribution in [3.8, 4) is 5.82 Å². The highest BCUT2D eigenvalue weighted by Crippen LogP contribution is 2.12. The van der Waals surface area contributed by atoms with Gasteiger partial charge < -0.3 is 10.6 Å². The normalized spacial score (nSPS) is 10.4. The van der Waals surface area contributed by atoms with Gasteiger partial charge in [0, 0.05) is 26.4 Å². The molecule has 0 aliphatic heterocycles. The molecule has 1 amide bonds. The first-order valence-electron chi connectivity index (χ1n) is 5.05. The smallest absolute Gasteiger partial charge is 0.273 e. The number of aromatic nitrogens is 4. The van der Waals surface area contributed by atoms with E-state index in [9.17, 15) is 4.79 Å². The van der Waals surface area contributed by atoms with E-state index in [2.05, 4.69) is 15.1 Å². The highest BCUT2D eigenvalue weighted by Gasteiger charge is 2.12. The Hall–Kier alpha value is -2.15. The number of anilines is 1. The molecule has 2 aromatic rings. The van der Waals surface area contributed by atoms with Crippen LogP contribution in [0.15, 0.2) is 18.3 Å². The monoisotopic (exact) mass is 266 g/mol. The molecule has 2 aromatic heterocycles. The number of amides is 1. The molecule has 0 saturated heterocycles. The summed E-state index contributed by atoms with van der Waals surface area (Å²) in [5.41, 5.74) is 5.80. The van der Waals surface area contributed by atoms with Crippen molar-refractivity contribution in [2.75, 3.05) is 19.8 Å². The van der Waals surface area contributed by atoms with Crippen molar-refractivity contribution >= 4 is 23.5 Å². The number of rotatable bonds is 2.